The number of amides is 1. The van der Waals surface area contributed by atoms with E-state index in [1.54, 1.807) is 16.7 Å². The fraction of sp³-hybridized carbons (Fsp3) is 0.190. The molecule has 0 unspecified atom stereocenters. The Hall–Kier alpha value is -2.03. The van der Waals surface area contributed by atoms with Gasteiger partial charge in [0.25, 0.3) is 0 Å². The van der Waals surface area contributed by atoms with Crippen LogP contribution >= 0.6 is 39.5 Å². The van der Waals surface area contributed by atoms with Gasteiger partial charge in [0.2, 0.25) is 5.91 Å². The number of carbonyl (C=O) groups is 1. The first-order valence-corrected chi connectivity index (χ1v) is 11.6. The first kappa shape index (κ1) is 20.3. The summed E-state index contributed by atoms with van der Waals surface area (Å²) < 4.78 is 0.970. The lowest BCUT2D eigenvalue weighted by molar-refractivity contribution is -0.115. The minimum Gasteiger partial charge on any atom is -0.279 e. The van der Waals surface area contributed by atoms with Crippen LogP contribution in [-0.2, 0) is 4.79 Å². The van der Waals surface area contributed by atoms with Gasteiger partial charge in [0.1, 0.15) is 0 Å². The van der Waals surface area contributed by atoms with Gasteiger partial charge in [0.15, 0.2) is 5.17 Å². The summed E-state index contributed by atoms with van der Waals surface area (Å²) in [6.07, 6.45) is 0. The highest BCUT2D eigenvalue weighted by Crippen LogP contribution is 2.41. The number of hydrogen-bond donors (Lipinski definition) is 1. The Kier molecular flexibility index (Phi) is 5.85. The van der Waals surface area contributed by atoms with Gasteiger partial charge in [-0.25, -0.2) is 0 Å². The van der Waals surface area contributed by atoms with Crippen molar-refractivity contribution in [3.05, 3.63) is 63.1 Å². The van der Waals surface area contributed by atoms with Crippen LogP contribution in [0.1, 0.15) is 19.4 Å². The Morgan fingerprint density at radius 2 is 1.97 bits per heavy atom. The third-order valence-corrected chi connectivity index (χ3v) is 7.26. The van der Waals surface area contributed by atoms with Crippen molar-refractivity contribution in [2.45, 2.75) is 25.7 Å². The Morgan fingerprint density at radius 3 is 2.72 bits per heavy atom. The number of hydrogen-bond acceptors (Lipinski definition) is 6. The number of amidine groups is 1. The van der Waals surface area contributed by atoms with Gasteiger partial charge in [-0.15, -0.1) is 5.10 Å². The van der Waals surface area contributed by atoms with Crippen molar-refractivity contribution in [3.63, 3.8) is 0 Å². The van der Waals surface area contributed by atoms with E-state index < -0.39 is 0 Å². The number of halogens is 1. The smallest absolute Gasteiger partial charge is 0.243 e. The van der Waals surface area contributed by atoms with Crippen molar-refractivity contribution in [1.29, 1.82) is 0 Å². The average molecular weight is 487 g/mol. The molecule has 1 amide bonds. The maximum Gasteiger partial charge on any atom is 0.243 e. The van der Waals surface area contributed by atoms with E-state index in [4.69, 9.17) is 4.99 Å². The van der Waals surface area contributed by atoms with Crippen LogP contribution in [-0.4, -0.2) is 22.5 Å². The molecule has 148 valence electrons. The molecule has 0 bridgehead atoms. The van der Waals surface area contributed by atoms with E-state index in [1.807, 2.05) is 38.1 Å². The van der Waals surface area contributed by atoms with Gasteiger partial charge in [-0.05, 0) is 62.7 Å². The number of anilines is 1. The normalized spacial score (nSPS) is 19.3. The number of aliphatic imine (C=N–C) groups is 1. The second-order valence-corrected chi connectivity index (χ2v) is 9.64. The molecule has 0 aromatic heterocycles. The molecule has 29 heavy (non-hydrogen) atoms. The molecule has 2 aliphatic rings. The Morgan fingerprint density at radius 1 is 1.21 bits per heavy atom. The molecule has 1 fully saturated rings. The zero-order chi connectivity index (χ0) is 20.5. The Bertz CT molecular complexity index is 1080. The second-order valence-electron chi connectivity index (χ2n) is 6.73. The maximum atomic E-state index is 12.4. The van der Waals surface area contributed by atoms with Gasteiger partial charge < -0.3 is 0 Å². The van der Waals surface area contributed by atoms with Crippen molar-refractivity contribution in [2.24, 2.45) is 10.1 Å². The number of nitrogens with one attached hydrogen (secondary N) is 1. The number of thioether (sulfide) groups is 2. The first-order valence-electron chi connectivity index (χ1n) is 9.02. The summed E-state index contributed by atoms with van der Waals surface area (Å²) in [5.74, 6) is 0.408. The zero-order valence-corrected chi connectivity index (χ0v) is 19.4. The third kappa shape index (κ3) is 4.29. The predicted molar refractivity (Wildman–Crippen MR) is 127 cm³/mol. The van der Waals surface area contributed by atoms with Crippen LogP contribution in [0.25, 0.3) is 0 Å². The average Bonchev–Trinajstić information content (AvgIpc) is 3.07. The molecular formula is C21H19BrN4OS2. The fourth-order valence-corrected chi connectivity index (χ4v) is 5.20. The minimum absolute atomic E-state index is 0.0253. The number of aryl methyl sites for hydroxylation is 1. The molecule has 5 nitrogen and oxygen atoms in total. The lowest BCUT2D eigenvalue weighted by atomic mass is 10.2. The molecule has 2 aromatic rings. The molecule has 0 spiro atoms. The minimum atomic E-state index is 0.0253. The third-order valence-electron chi connectivity index (χ3n) is 4.45. The van der Waals surface area contributed by atoms with Crippen LogP contribution in [0.4, 0.5) is 11.4 Å². The molecule has 0 aliphatic carbocycles. The van der Waals surface area contributed by atoms with Gasteiger partial charge in [0, 0.05) is 15.1 Å². The maximum absolute atomic E-state index is 12.4. The number of rotatable bonds is 3. The van der Waals surface area contributed by atoms with E-state index >= 15 is 0 Å². The van der Waals surface area contributed by atoms with E-state index in [0.717, 1.165) is 37.1 Å². The molecule has 1 saturated heterocycles. The molecule has 2 heterocycles. The molecular weight excluding hydrogens is 468 g/mol. The summed E-state index contributed by atoms with van der Waals surface area (Å²) in [5, 5.41) is 5.18. The summed E-state index contributed by atoms with van der Waals surface area (Å²) >= 11 is 6.55. The topological polar surface area (TPSA) is 57.1 Å². The van der Waals surface area contributed by atoms with Crippen LogP contribution in [0.3, 0.4) is 0 Å². The van der Waals surface area contributed by atoms with Gasteiger partial charge in [-0.2, -0.15) is 0 Å². The lowest BCUT2D eigenvalue weighted by Gasteiger charge is -2.19. The second kappa shape index (κ2) is 8.38. The standard InChI is InChI=1S/C21H19BrN4OS2/c1-12-4-9-17-18(10-12)29-20(13(2)23-17)14(3)24-25-21-26(19(27)11-28-21)16-7-5-15(22)6-8-16/h4-10,24H,11H2,1-3H3/b20-14-,25-21-. The largest absolute Gasteiger partial charge is 0.279 e. The quantitative estimate of drug-likeness (QED) is 0.554. The zero-order valence-electron chi connectivity index (χ0n) is 16.2. The summed E-state index contributed by atoms with van der Waals surface area (Å²) in [6, 6.07) is 13.9. The van der Waals surface area contributed by atoms with E-state index in [2.05, 4.69) is 51.6 Å². The Labute approximate surface area is 186 Å². The molecule has 0 radical (unpaired) electrons. The van der Waals surface area contributed by atoms with Gasteiger partial charge in [0.05, 0.1) is 27.7 Å². The molecule has 1 N–H and O–H groups in total. The van der Waals surface area contributed by atoms with Crippen molar-refractivity contribution >= 4 is 67.6 Å². The van der Waals surface area contributed by atoms with Crippen LogP contribution < -0.4 is 10.3 Å². The number of fused-ring (bicyclic) bond motifs is 1. The summed E-state index contributed by atoms with van der Waals surface area (Å²) in [7, 11) is 0. The number of allylic oxidation sites excluding steroid dienone is 2. The van der Waals surface area contributed by atoms with Gasteiger partial charge in [-0.1, -0.05) is 45.5 Å². The van der Waals surface area contributed by atoms with E-state index in [9.17, 15) is 4.79 Å². The monoisotopic (exact) mass is 486 g/mol. The number of benzene rings is 2. The van der Waals surface area contributed by atoms with Crippen molar-refractivity contribution in [1.82, 2.24) is 5.43 Å². The molecule has 2 aliphatic heterocycles. The van der Waals surface area contributed by atoms with Crippen molar-refractivity contribution in [3.8, 4) is 0 Å². The summed E-state index contributed by atoms with van der Waals surface area (Å²) in [6.45, 7) is 6.07. The highest BCUT2D eigenvalue weighted by Gasteiger charge is 2.30. The predicted octanol–water partition coefficient (Wildman–Crippen LogP) is 5.83. The van der Waals surface area contributed by atoms with Crippen LogP contribution in [0.5, 0.6) is 0 Å². The molecule has 8 heteroatoms. The first-order chi connectivity index (χ1) is 13.9. The fourth-order valence-electron chi connectivity index (χ4n) is 3.03. The SMILES string of the molecule is CC1=Nc2ccc(C)cc2S/C1=C(/C)N/N=C1\SCC(=O)N1c1ccc(Br)cc1. The molecule has 2 aromatic carbocycles. The molecule has 0 saturated carbocycles. The molecule has 4 rings (SSSR count). The van der Waals surface area contributed by atoms with Crippen molar-refractivity contribution in [2.75, 3.05) is 10.7 Å². The number of carbonyl (C=O) groups excluding carboxylic acids is 1. The van der Waals surface area contributed by atoms with Crippen LogP contribution in [0.2, 0.25) is 0 Å². The van der Waals surface area contributed by atoms with Gasteiger partial charge in [-0.3, -0.25) is 20.1 Å². The number of hydrazone groups is 1. The highest BCUT2D eigenvalue weighted by molar-refractivity contribution is 9.10. The van der Waals surface area contributed by atoms with Crippen LogP contribution in [0.15, 0.2) is 72.5 Å². The van der Waals surface area contributed by atoms with E-state index in [0.29, 0.717) is 10.9 Å². The van der Waals surface area contributed by atoms with Crippen molar-refractivity contribution < 1.29 is 4.79 Å². The molecule has 0 atom stereocenters. The lowest BCUT2D eigenvalue weighted by Crippen LogP contribution is -2.30. The van der Waals surface area contributed by atoms with Gasteiger partial charge >= 0.3 is 0 Å². The van der Waals surface area contributed by atoms with E-state index in [-0.39, 0.29) is 5.91 Å². The number of nitrogens with zero attached hydrogens (tertiary/aromatic N) is 3. The summed E-state index contributed by atoms with van der Waals surface area (Å²) in [5.41, 5.74) is 8.03. The highest BCUT2D eigenvalue weighted by atomic mass is 79.9. The summed E-state index contributed by atoms with van der Waals surface area (Å²) in [4.78, 5) is 21.0. The van der Waals surface area contributed by atoms with E-state index in [1.165, 1.54) is 17.3 Å². The van der Waals surface area contributed by atoms with Crippen LogP contribution in [0, 0.1) is 6.92 Å². The Balaban J connectivity index is 1.59.